The first-order valence-electron chi connectivity index (χ1n) is 8.39. The third-order valence-electron chi connectivity index (χ3n) is 4.29. The lowest BCUT2D eigenvalue weighted by Gasteiger charge is -2.31. The van der Waals surface area contributed by atoms with Crippen LogP contribution in [0.2, 0.25) is 0 Å². The number of halogens is 4. The molecule has 0 amide bonds. The molecule has 10 nitrogen and oxygen atoms in total. The van der Waals surface area contributed by atoms with Gasteiger partial charge in [0, 0.05) is 18.2 Å². The smallest absolute Gasteiger partial charge is 0.421 e. The molecule has 0 radical (unpaired) electrons. The van der Waals surface area contributed by atoms with Crippen molar-refractivity contribution in [2.24, 2.45) is 0 Å². The zero-order valence-electron chi connectivity index (χ0n) is 15.5. The highest BCUT2D eigenvalue weighted by atomic mass is 32.2. The normalized spacial score (nSPS) is 16.9. The number of hydrogen-bond acceptors (Lipinski definition) is 8. The quantitative estimate of drug-likeness (QED) is 0.320. The van der Waals surface area contributed by atoms with E-state index < -0.39 is 45.7 Å². The summed E-state index contributed by atoms with van der Waals surface area (Å²) in [5, 5.41) is 20.3. The Morgan fingerprint density at radius 2 is 1.81 bits per heavy atom. The first kappa shape index (κ1) is 21.3. The van der Waals surface area contributed by atoms with Gasteiger partial charge in [0.05, 0.1) is 22.0 Å². The maximum absolute atomic E-state index is 13.5. The number of nitrogens with zero attached hydrogens (tertiary/aromatic N) is 4. The van der Waals surface area contributed by atoms with Crippen LogP contribution in [0.5, 0.6) is 17.2 Å². The maximum Gasteiger partial charge on any atom is 0.507 e. The minimum atomic E-state index is -4.99. The Bertz CT molecular complexity index is 1350. The molecule has 0 spiro atoms. The number of rotatable bonds is 4. The van der Waals surface area contributed by atoms with Gasteiger partial charge >= 0.3 is 23.5 Å². The Labute approximate surface area is 177 Å². The van der Waals surface area contributed by atoms with E-state index in [1.807, 2.05) is 0 Å². The molecule has 1 atom stereocenters. The second kappa shape index (κ2) is 7.05. The summed E-state index contributed by atoms with van der Waals surface area (Å²) in [6, 6.07) is 6.73. The second-order valence-electron chi connectivity index (χ2n) is 6.37. The highest BCUT2D eigenvalue weighted by molar-refractivity contribution is 7.79. The average molecular weight is 472 g/mol. The number of nitriles is 1. The summed E-state index contributed by atoms with van der Waals surface area (Å²) < 4.78 is 80.7. The third kappa shape index (κ3) is 3.34. The molecule has 1 aliphatic rings. The summed E-state index contributed by atoms with van der Waals surface area (Å²) in [7, 11) is 0. The topological polar surface area (TPSA) is 130 Å². The van der Waals surface area contributed by atoms with Gasteiger partial charge in [-0.1, -0.05) is 0 Å². The molecule has 0 bridgehead atoms. The number of fused-ring (bicyclic) bond motifs is 2. The van der Waals surface area contributed by atoms with Gasteiger partial charge in [-0.2, -0.15) is 31.0 Å². The summed E-state index contributed by atoms with van der Waals surface area (Å²) >= 11 is -2.58. The third-order valence-corrected chi connectivity index (χ3v) is 5.28. The monoisotopic (exact) mass is 472 g/mol. The fraction of sp³-hybridized carbons (Fsp3) is 0.176. The minimum Gasteiger partial charge on any atom is -0.421 e. The Morgan fingerprint density at radius 3 is 2.41 bits per heavy atom. The molecular formula is C17H8F4N4O6S. The first-order chi connectivity index (χ1) is 14.9. The number of hydrogen-bond donors (Lipinski definition) is 0. The molecule has 166 valence electrons. The Hall–Kier alpha value is -3.93. The number of imidazole rings is 1. The lowest BCUT2D eigenvalue weighted by molar-refractivity contribution is -0.391. The molecular weight excluding hydrogens is 464 g/mol. The summed E-state index contributed by atoms with van der Waals surface area (Å²) in [6.07, 6.45) is -9.95. The highest BCUT2D eigenvalue weighted by Gasteiger charge is 2.66. The van der Waals surface area contributed by atoms with Gasteiger partial charge in [0.1, 0.15) is 6.07 Å². The number of benzene rings is 2. The number of non-ortho nitro benzene ring substituents is 1. The Kier molecular flexibility index (Phi) is 4.70. The summed E-state index contributed by atoms with van der Waals surface area (Å²) in [6.45, 7) is 1.51. The predicted octanol–water partition coefficient (Wildman–Crippen LogP) is 3.59. The number of alkyl halides is 4. The van der Waals surface area contributed by atoms with Gasteiger partial charge in [-0.25, -0.2) is 4.98 Å². The van der Waals surface area contributed by atoms with Crippen LogP contribution in [0.1, 0.15) is 11.4 Å². The molecule has 2 heterocycles. The SMILES string of the molecule is Cc1ccc([N+](=O)[O-])cc1OS(=O)n1c(C#N)nc2cc3c(cc21)OC(F)(F)C(F)(F)O3. The van der Waals surface area contributed by atoms with E-state index >= 15 is 0 Å². The van der Waals surface area contributed by atoms with Crippen molar-refractivity contribution in [1.82, 2.24) is 8.96 Å². The fourth-order valence-electron chi connectivity index (χ4n) is 2.75. The fourth-order valence-corrected chi connectivity index (χ4v) is 3.68. The van der Waals surface area contributed by atoms with E-state index in [1.165, 1.54) is 19.1 Å². The van der Waals surface area contributed by atoms with E-state index in [-0.39, 0.29) is 22.5 Å². The molecule has 0 fully saturated rings. The molecule has 15 heteroatoms. The molecule has 32 heavy (non-hydrogen) atoms. The van der Waals surface area contributed by atoms with E-state index in [1.54, 1.807) is 6.07 Å². The van der Waals surface area contributed by atoms with Crippen LogP contribution in [-0.2, 0) is 11.3 Å². The van der Waals surface area contributed by atoms with E-state index in [0.717, 1.165) is 18.2 Å². The number of aryl methyl sites for hydroxylation is 1. The van der Waals surface area contributed by atoms with E-state index in [0.29, 0.717) is 9.54 Å². The van der Waals surface area contributed by atoms with E-state index in [2.05, 4.69) is 14.5 Å². The van der Waals surface area contributed by atoms with Crippen LogP contribution < -0.4 is 13.7 Å². The van der Waals surface area contributed by atoms with Crippen molar-refractivity contribution >= 4 is 28.0 Å². The van der Waals surface area contributed by atoms with Crippen molar-refractivity contribution < 1.29 is 40.4 Å². The van der Waals surface area contributed by atoms with Crippen molar-refractivity contribution in [2.45, 2.75) is 19.1 Å². The van der Waals surface area contributed by atoms with Gasteiger partial charge in [0.25, 0.3) is 5.69 Å². The van der Waals surface area contributed by atoms with Gasteiger partial charge in [-0.15, -0.1) is 0 Å². The molecule has 0 N–H and O–H groups in total. The zero-order chi connectivity index (χ0) is 23.4. The summed E-state index contributed by atoms with van der Waals surface area (Å²) in [4.78, 5) is 14.1. The van der Waals surface area contributed by atoms with Crippen LogP contribution in [0.15, 0.2) is 30.3 Å². The molecule has 1 aliphatic heterocycles. The van der Waals surface area contributed by atoms with Crippen LogP contribution in [0.3, 0.4) is 0 Å². The van der Waals surface area contributed by atoms with Crippen molar-refractivity contribution in [2.75, 3.05) is 0 Å². The zero-order valence-corrected chi connectivity index (χ0v) is 16.4. The molecule has 0 aliphatic carbocycles. The molecule has 0 saturated heterocycles. The Morgan fingerprint density at radius 1 is 1.19 bits per heavy atom. The molecule has 0 saturated carbocycles. The molecule has 1 unspecified atom stereocenters. The van der Waals surface area contributed by atoms with Crippen molar-refractivity contribution in [3.8, 4) is 23.3 Å². The van der Waals surface area contributed by atoms with Gasteiger partial charge in [0.2, 0.25) is 5.82 Å². The van der Waals surface area contributed by atoms with Crippen molar-refractivity contribution in [1.29, 1.82) is 5.26 Å². The van der Waals surface area contributed by atoms with E-state index in [4.69, 9.17) is 4.18 Å². The van der Waals surface area contributed by atoms with Crippen molar-refractivity contribution in [3.63, 3.8) is 0 Å². The molecule has 1 aromatic heterocycles. The van der Waals surface area contributed by atoms with Gasteiger partial charge in [0.15, 0.2) is 17.2 Å². The molecule has 4 rings (SSSR count). The molecule has 2 aromatic carbocycles. The van der Waals surface area contributed by atoms with Gasteiger partial charge < -0.3 is 13.7 Å². The lowest BCUT2D eigenvalue weighted by atomic mass is 10.2. The standard InChI is InChI=1S/C17H8F4N4O6S/c1-8-2-3-9(25(26)27)4-12(8)31-32(28)24-11-6-14-13(5-10(11)23-15(24)7-22)29-16(18,19)17(20,21)30-14/h2-6H,1H3. The van der Waals surface area contributed by atoms with Crippen LogP contribution in [0, 0.1) is 28.4 Å². The van der Waals surface area contributed by atoms with Crippen LogP contribution in [0.4, 0.5) is 23.2 Å². The van der Waals surface area contributed by atoms with Gasteiger partial charge in [-0.3, -0.25) is 10.1 Å². The first-order valence-corrected chi connectivity index (χ1v) is 9.42. The predicted molar refractivity (Wildman–Crippen MR) is 97.6 cm³/mol. The number of ether oxygens (including phenoxy) is 2. The molecule has 3 aromatic rings. The van der Waals surface area contributed by atoms with Crippen LogP contribution in [0.25, 0.3) is 11.0 Å². The number of nitro groups is 1. The number of aromatic nitrogens is 2. The maximum atomic E-state index is 13.5. The minimum absolute atomic E-state index is 0.160. The average Bonchev–Trinajstić information content (AvgIpc) is 3.05. The summed E-state index contributed by atoms with van der Waals surface area (Å²) in [5.74, 6) is -2.28. The second-order valence-corrected chi connectivity index (χ2v) is 7.34. The number of nitro benzene ring substituents is 1. The lowest BCUT2D eigenvalue weighted by Crippen LogP contribution is -2.52. The Balaban J connectivity index is 1.80. The van der Waals surface area contributed by atoms with Crippen molar-refractivity contribution in [3.05, 3.63) is 51.8 Å². The van der Waals surface area contributed by atoms with Crippen LogP contribution in [-0.4, -0.2) is 30.3 Å². The largest absolute Gasteiger partial charge is 0.507 e. The van der Waals surface area contributed by atoms with E-state index in [9.17, 15) is 37.1 Å². The van der Waals surface area contributed by atoms with Gasteiger partial charge in [-0.05, 0) is 18.6 Å². The van der Waals surface area contributed by atoms with Crippen LogP contribution >= 0.6 is 0 Å². The highest BCUT2D eigenvalue weighted by Crippen LogP contribution is 2.48. The summed E-state index contributed by atoms with van der Waals surface area (Å²) in [5.41, 5.74) is -0.451.